The summed E-state index contributed by atoms with van der Waals surface area (Å²) in [5.41, 5.74) is 5.75. The number of thioether (sulfide) groups is 1. The lowest BCUT2D eigenvalue weighted by Gasteiger charge is -2.34. The van der Waals surface area contributed by atoms with Crippen molar-refractivity contribution in [1.29, 1.82) is 0 Å². The van der Waals surface area contributed by atoms with Gasteiger partial charge in [0, 0.05) is 17.8 Å². The molecule has 37 heavy (non-hydrogen) atoms. The molecule has 3 aromatic rings. The number of para-hydroxylation sites is 1. The first-order valence-corrected chi connectivity index (χ1v) is 13.0. The summed E-state index contributed by atoms with van der Waals surface area (Å²) >= 11 is 1.11. The number of ether oxygens (including phenoxy) is 1. The van der Waals surface area contributed by atoms with Crippen LogP contribution in [0.2, 0.25) is 0 Å². The van der Waals surface area contributed by atoms with Crippen LogP contribution in [0.5, 0.6) is 5.75 Å². The van der Waals surface area contributed by atoms with Crippen molar-refractivity contribution in [3.05, 3.63) is 89.5 Å². The highest BCUT2D eigenvalue weighted by Crippen LogP contribution is 2.37. The van der Waals surface area contributed by atoms with Gasteiger partial charge in [0.25, 0.3) is 0 Å². The molecule has 3 aromatic carbocycles. The molecule has 188 valence electrons. The first-order chi connectivity index (χ1) is 17.9. The number of hydrazone groups is 1. The second-order valence-electron chi connectivity index (χ2n) is 9.38. The number of carbonyl (C=O) groups excluding carboxylic acids is 2. The van der Waals surface area contributed by atoms with Gasteiger partial charge in [0.2, 0.25) is 6.41 Å². The normalized spacial score (nSPS) is 17.2. The number of aryl methyl sites for hydroxylation is 1. The zero-order valence-corrected chi connectivity index (χ0v) is 21.9. The van der Waals surface area contributed by atoms with Crippen molar-refractivity contribution >= 4 is 46.3 Å². The molecule has 5 rings (SSSR count). The Kier molecular flexibility index (Phi) is 6.84. The Morgan fingerprint density at radius 3 is 2.54 bits per heavy atom. The molecule has 0 bridgehead atoms. The highest BCUT2D eigenvalue weighted by Gasteiger charge is 2.38. The van der Waals surface area contributed by atoms with Crippen LogP contribution >= 0.6 is 11.8 Å². The Hall–Kier alpha value is -3.91. The average Bonchev–Trinajstić information content (AvgIpc) is 2.91. The average molecular weight is 513 g/mol. The fraction of sp³-hybridized carbons (Fsp3) is 0.241. The molecule has 2 aliphatic heterocycles. The van der Waals surface area contributed by atoms with E-state index in [0.717, 1.165) is 70.2 Å². The van der Waals surface area contributed by atoms with Crippen molar-refractivity contribution < 1.29 is 14.3 Å². The monoisotopic (exact) mass is 512 g/mol. The van der Waals surface area contributed by atoms with Crippen molar-refractivity contribution in [3.63, 3.8) is 0 Å². The Morgan fingerprint density at radius 1 is 1.08 bits per heavy atom. The summed E-state index contributed by atoms with van der Waals surface area (Å²) in [6.07, 6.45) is 2.34. The third kappa shape index (κ3) is 5.02. The van der Waals surface area contributed by atoms with Gasteiger partial charge in [-0.3, -0.25) is 9.59 Å². The Balaban J connectivity index is 1.58. The largest absolute Gasteiger partial charge is 0.497 e. The van der Waals surface area contributed by atoms with E-state index in [1.165, 1.54) is 5.56 Å². The number of amidine groups is 1. The summed E-state index contributed by atoms with van der Waals surface area (Å²) < 4.78 is 4.81. The molecule has 8 heteroatoms. The SMILES string of the molecule is COc1ccc(/C(=N/c2ccccc2)N2CCCc3cc(C4=NN(C=O)C(=O)SC4(C)C)ccc32)cc1. The van der Waals surface area contributed by atoms with Gasteiger partial charge in [-0.15, -0.1) is 0 Å². The van der Waals surface area contributed by atoms with Gasteiger partial charge in [-0.2, -0.15) is 10.1 Å². The van der Waals surface area contributed by atoms with Gasteiger partial charge in [-0.25, -0.2) is 4.99 Å². The highest BCUT2D eigenvalue weighted by atomic mass is 32.2. The summed E-state index contributed by atoms with van der Waals surface area (Å²) in [5, 5.41) is 4.90. The third-order valence-corrected chi connectivity index (χ3v) is 7.54. The summed E-state index contributed by atoms with van der Waals surface area (Å²) in [6, 6.07) is 24.2. The lowest BCUT2D eigenvalue weighted by Crippen LogP contribution is -2.41. The first kappa shape index (κ1) is 24.8. The predicted octanol–water partition coefficient (Wildman–Crippen LogP) is 6.03. The molecule has 2 amide bonds. The molecule has 2 aliphatic rings. The van der Waals surface area contributed by atoms with Crippen LogP contribution in [-0.4, -0.2) is 46.6 Å². The molecule has 0 spiro atoms. The predicted molar refractivity (Wildman–Crippen MR) is 149 cm³/mol. The number of rotatable bonds is 5. The van der Waals surface area contributed by atoms with Gasteiger partial charge in [0.1, 0.15) is 11.6 Å². The van der Waals surface area contributed by atoms with Crippen molar-refractivity contribution in [2.75, 3.05) is 18.6 Å². The molecular weight excluding hydrogens is 484 g/mol. The maximum absolute atomic E-state index is 12.2. The molecule has 0 N–H and O–H groups in total. The van der Waals surface area contributed by atoms with E-state index < -0.39 is 4.75 Å². The quantitative estimate of drug-likeness (QED) is 0.237. The molecule has 2 heterocycles. The first-order valence-electron chi connectivity index (χ1n) is 12.2. The lowest BCUT2D eigenvalue weighted by atomic mass is 9.93. The van der Waals surface area contributed by atoms with Crippen molar-refractivity contribution in [2.24, 2.45) is 10.1 Å². The van der Waals surface area contributed by atoms with E-state index in [0.29, 0.717) is 12.1 Å². The van der Waals surface area contributed by atoms with Gasteiger partial charge in [0.05, 0.1) is 23.3 Å². The van der Waals surface area contributed by atoms with Crippen LogP contribution in [0.4, 0.5) is 16.2 Å². The van der Waals surface area contributed by atoms with Crippen molar-refractivity contribution in [3.8, 4) is 5.75 Å². The van der Waals surface area contributed by atoms with Gasteiger partial charge in [0.15, 0.2) is 0 Å². The number of hydrogen-bond acceptors (Lipinski definition) is 6. The van der Waals surface area contributed by atoms with Crippen LogP contribution in [0.1, 0.15) is 37.0 Å². The Labute approximate surface area is 220 Å². The molecule has 0 aliphatic carbocycles. The number of benzene rings is 3. The van der Waals surface area contributed by atoms with Gasteiger partial charge >= 0.3 is 5.24 Å². The maximum Gasteiger partial charge on any atom is 0.309 e. The number of hydrogen-bond donors (Lipinski definition) is 0. The second-order valence-corrected chi connectivity index (χ2v) is 10.9. The molecular formula is C29H28N4O3S. The zero-order chi connectivity index (χ0) is 26.0. The number of methoxy groups -OCH3 is 1. The highest BCUT2D eigenvalue weighted by molar-refractivity contribution is 8.15. The molecule has 0 aromatic heterocycles. The van der Waals surface area contributed by atoms with E-state index in [4.69, 9.17) is 9.73 Å². The maximum atomic E-state index is 12.2. The Bertz CT molecular complexity index is 1380. The smallest absolute Gasteiger partial charge is 0.309 e. The minimum Gasteiger partial charge on any atom is -0.497 e. The fourth-order valence-corrected chi connectivity index (χ4v) is 5.53. The molecule has 0 saturated carbocycles. The van der Waals surface area contributed by atoms with E-state index in [2.05, 4.69) is 22.1 Å². The molecule has 0 unspecified atom stereocenters. The minimum atomic E-state index is -0.553. The van der Waals surface area contributed by atoms with Crippen LogP contribution in [-0.2, 0) is 11.2 Å². The summed E-state index contributed by atoms with van der Waals surface area (Å²) in [6.45, 7) is 4.74. The standard InChI is InChI=1S/C29H28N4O3S/c1-29(2)26(31-33(19-34)28(35)37-29)22-13-16-25-21(18-22)8-7-17-32(25)27(30-23-9-5-4-6-10-23)20-11-14-24(36-3)15-12-20/h4-6,9-16,18-19H,7-8,17H2,1-3H3/b30-27-. The fourth-order valence-electron chi connectivity index (χ4n) is 4.66. The van der Waals surface area contributed by atoms with Gasteiger partial charge in [-0.05, 0) is 98.1 Å². The number of anilines is 1. The molecule has 0 saturated heterocycles. The van der Waals surface area contributed by atoms with Crippen molar-refractivity contribution in [1.82, 2.24) is 5.01 Å². The van der Waals surface area contributed by atoms with E-state index in [1.54, 1.807) is 7.11 Å². The number of fused-ring (bicyclic) bond motifs is 1. The summed E-state index contributed by atoms with van der Waals surface area (Å²) in [5.74, 6) is 1.66. The Morgan fingerprint density at radius 2 is 1.84 bits per heavy atom. The van der Waals surface area contributed by atoms with Gasteiger partial charge in [-0.1, -0.05) is 24.3 Å². The van der Waals surface area contributed by atoms with Crippen molar-refractivity contribution in [2.45, 2.75) is 31.4 Å². The van der Waals surface area contributed by atoms with Crippen LogP contribution < -0.4 is 9.64 Å². The van der Waals surface area contributed by atoms with Crippen LogP contribution in [0, 0.1) is 0 Å². The zero-order valence-electron chi connectivity index (χ0n) is 21.0. The van der Waals surface area contributed by atoms with E-state index >= 15 is 0 Å². The van der Waals surface area contributed by atoms with E-state index in [-0.39, 0.29) is 5.24 Å². The van der Waals surface area contributed by atoms with E-state index in [9.17, 15) is 9.59 Å². The van der Waals surface area contributed by atoms with E-state index in [1.807, 2.05) is 74.5 Å². The second kappa shape index (κ2) is 10.2. The molecule has 0 fully saturated rings. The number of nitrogens with zero attached hydrogens (tertiary/aromatic N) is 4. The topological polar surface area (TPSA) is 74.6 Å². The minimum absolute atomic E-state index is 0.367. The lowest BCUT2D eigenvalue weighted by molar-refractivity contribution is -0.115. The number of amides is 2. The number of aliphatic imine (C=N–C) groups is 1. The molecule has 7 nitrogen and oxygen atoms in total. The van der Waals surface area contributed by atoms with Crippen LogP contribution in [0.15, 0.2) is 82.9 Å². The number of imide groups is 1. The van der Waals surface area contributed by atoms with Crippen LogP contribution in [0.25, 0.3) is 0 Å². The molecule has 0 radical (unpaired) electrons. The third-order valence-electron chi connectivity index (χ3n) is 6.47. The summed E-state index contributed by atoms with van der Waals surface area (Å²) in [7, 11) is 1.66. The van der Waals surface area contributed by atoms with Gasteiger partial charge < -0.3 is 9.64 Å². The van der Waals surface area contributed by atoms with Crippen LogP contribution in [0.3, 0.4) is 0 Å². The summed E-state index contributed by atoms with van der Waals surface area (Å²) in [4.78, 5) is 30.9. The number of carbonyl (C=O) groups is 2. The molecule has 0 atom stereocenters.